The molecule has 0 spiro atoms. The van der Waals surface area contributed by atoms with Crippen molar-refractivity contribution in [2.24, 2.45) is 11.8 Å². The van der Waals surface area contributed by atoms with Gasteiger partial charge in [0, 0.05) is 6.04 Å². The lowest BCUT2D eigenvalue weighted by Gasteiger charge is -2.26. The molecule has 0 aromatic heterocycles. The summed E-state index contributed by atoms with van der Waals surface area (Å²) in [6.07, 6.45) is 8.15. The Morgan fingerprint density at radius 1 is 1.11 bits per heavy atom. The molecule has 0 radical (unpaired) electrons. The number of aryl methyl sites for hydroxylation is 2. The van der Waals surface area contributed by atoms with E-state index in [1.54, 1.807) is 0 Å². The molecule has 3 N–H and O–H groups in total. The minimum atomic E-state index is 0.312. The number of hydrazine groups is 1. The minimum Gasteiger partial charge on any atom is -0.271 e. The van der Waals surface area contributed by atoms with E-state index in [-0.39, 0.29) is 0 Å². The Bertz CT molecular complexity index is 360. The van der Waals surface area contributed by atoms with Gasteiger partial charge in [-0.2, -0.15) is 0 Å². The van der Waals surface area contributed by atoms with E-state index in [2.05, 4.69) is 37.5 Å². The third kappa shape index (κ3) is 3.56. The third-order valence-corrected chi connectivity index (χ3v) is 4.14. The first-order valence-electron chi connectivity index (χ1n) is 7.23. The summed E-state index contributed by atoms with van der Waals surface area (Å²) in [6.45, 7) is 4.31. The summed E-state index contributed by atoms with van der Waals surface area (Å²) in [6, 6.07) is 7.06. The molecule has 1 aliphatic carbocycles. The van der Waals surface area contributed by atoms with Gasteiger partial charge in [-0.3, -0.25) is 11.3 Å². The van der Waals surface area contributed by atoms with Crippen molar-refractivity contribution in [3.8, 4) is 0 Å². The highest BCUT2D eigenvalue weighted by Gasteiger charge is 2.19. The van der Waals surface area contributed by atoms with Crippen LogP contribution in [0.2, 0.25) is 0 Å². The second-order valence-electron chi connectivity index (χ2n) is 5.88. The normalized spacial score (nSPS) is 18.8. The molecule has 0 aliphatic heterocycles. The molecule has 1 atom stereocenters. The molecule has 1 unspecified atom stereocenters. The van der Waals surface area contributed by atoms with Crippen LogP contribution >= 0.6 is 0 Å². The van der Waals surface area contributed by atoms with E-state index < -0.39 is 0 Å². The van der Waals surface area contributed by atoms with Crippen LogP contribution in [0.5, 0.6) is 0 Å². The zero-order chi connectivity index (χ0) is 13.0. The average Bonchev–Trinajstić information content (AvgIpc) is 2.36. The van der Waals surface area contributed by atoms with Gasteiger partial charge in [0.1, 0.15) is 0 Å². The first-order chi connectivity index (χ1) is 8.69. The fourth-order valence-corrected chi connectivity index (χ4v) is 3.27. The molecule has 0 bridgehead atoms. The molecule has 0 heterocycles. The number of hydrogen-bond acceptors (Lipinski definition) is 2. The lowest BCUT2D eigenvalue weighted by atomic mass is 9.83. The number of rotatable bonds is 4. The van der Waals surface area contributed by atoms with Crippen LogP contribution < -0.4 is 11.3 Å². The quantitative estimate of drug-likeness (QED) is 0.627. The first kappa shape index (κ1) is 13.6. The summed E-state index contributed by atoms with van der Waals surface area (Å²) in [5.74, 6) is 6.62. The maximum Gasteiger partial charge on any atom is 0.0462 e. The zero-order valence-corrected chi connectivity index (χ0v) is 11.7. The molecule has 1 aliphatic rings. The Morgan fingerprint density at radius 3 is 2.28 bits per heavy atom. The molecule has 100 valence electrons. The average molecular weight is 246 g/mol. The second kappa shape index (κ2) is 6.35. The van der Waals surface area contributed by atoms with Crippen molar-refractivity contribution in [1.29, 1.82) is 0 Å². The van der Waals surface area contributed by atoms with E-state index >= 15 is 0 Å². The second-order valence-corrected chi connectivity index (χ2v) is 5.88. The summed E-state index contributed by atoms with van der Waals surface area (Å²) < 4.78 is 0. The molecule has 1 saturated carbocycles. The van der Waals surface area contributed by atoms with Crippen LogP contribution in [-0.2, 0) is 0 Å². The Kier molecular flexibility index (Phi) is 4.79. The Labute approximate surface area is 111 Å². The number of nitrogens with two attached hydrogens (primary N) is 1. The van der Waals surface area contributed by atoms with Crippen molar-refractivity contribution >= 4 is 0 Å². The molecule has 0 saturated heterocycles. The summed E-state index contributed by atoms with van der Waals surface area (Å²) in [4.78, 5) is 0. The molecule has 0 amide bonds. The smallest absolute Gasteiger partial charge is 0.0462 e. The summed E-state index contributed by atoms with van der Waals surface area (Å²) >= 11 is 0. The molecule has 1 aromatic rings. The molecule has 2 rings (SSSR count). The van der Waals surface area contributed by atoms with Gasteiger partial charge in [0.2, 0.25) is 0 Å². The van der Waals surface area contributed by atoms with Crippen LogP contribution in [0.15, 0.2) is 18.2 Å². The highest BCUT2D eigenvalue weighted by molar-refractivity contribution is 5.30. The third-order valence-electron chi connectivity index (χ3n) is 4.14. The highest BCUT2D eigenvalue weighted by Crippen LogP contribution is 2.32. The van der Waals surface area contributed by atoms with E-state index in [4.69, 9.17) is 5.84 Å². The van der Waals surface area contributed by atoms with E-state index in [1.807, 2.05) is 0 Å². The molecule has 1 aromatic carbocycles. The Balaban J connectivity index is 2.06. The fourth-order valence-electron chi connectivity index (χ4n) is 3.27. The van der Waals surface area contributed by atoms with Gasteiger partial charge in [0.15, 0.2) is 0 Å². The van der Waals surface area contributed by atoms with Crippen molar-refractivity contribution < 1.29 is 0 Å². The van der Waals surface area contributed by atoms with Gasteiger partial charge >= 0.3 is 0 Å². The van der Waals surface area contributed by atoms with E-state index in [0.717, 1.165) is 5.92 Å². The van der Waals surface area contributed by atoms with Crippen LogP contribution in [0.25, 0.3) is 0 Å². The summed E-state index contributed by atoms with van der Waals surface area (Å²) in [5.41, 5.74) is 7.02. The predicted molar refractivity (Wildman–Crippen MR) is 77.2 cm³/mol. The van der Waals surface area contributed by atoms with Gasteiger partial charge in [-0.15, -0.1) is 0 Å². The number of benzene rings is 1. The molecule has 18 heavy (non-hydrogen) atoms. The van der Waals surface area contributed by atoms with Crippen molar-refractivity contribution in [3.05, 3.63) is 34.9 Å². The number of nitrogens with one attached hydrogen (secondary N) is 1. The van der Waals surface area contributed by atoms with Gasteiger partial charge in [0.25, 0.3) is 0 Å². The largest absolute Gasteiger partial charge is 0.271 e. The van der Waals surface area contributed by atoms with Gasteiger partial charge in [0.05, 0.1) is 0 Å². The van der Waals surface area contributed by atoms with Crippen molar-refractivity contribution in [3.63, 3.8) is 0 Å². The number of hydrogen-bond donors (Lipinski definition) is 2. The predicted octanol–water partition coefficient (Wildman–Crippen LogP) is 3.78. The molecule has 2 nitrogen and oxygen atoms in total. The molecular weight excluding hydrogens is 220 g/mol. The van der Waals surface area contributed by atoms with Crippen LogP contribution in [0.1, 0.15) is 61.3 Å². The van der Waals surface area contributed by atoms with Gasteiger partial charge in [-0.25, -0.2) is 0 Å². The van der Waals surface area contributed by atoms with Crippen LogP contribution in [0, 0.1) is 19.8 Å². The van der Waals surface area contributed by atoms with Gasteiger partial charge in [-0.1, -0.05) is 61.4 Å². The monoisotopic (exact) mass is 246 g/mol. The van der Waals surface area contributed by atoms with Crippen LogP contribution in [-0.4, -0.2) is 0 Å². The maximum absolute atomic E-state index is 5.77. The SMILES string of the molecule is Cc1cc(C)cc(C(CC2CCCCC2)NN)c1. The van der Waals surface area contributed by atoms with E-state index in [1.165, 1.54) is 55.2 Å². The van der Waals surface area contributed by atoms with Gasteiger partial charge < -0.3 is 0 Å². The summed E-state index contributed by atoms with van der Waals surface area (Å²) in [5, 5.41) is 0. The van der Waals surface area contributed by atoms with Crippen LogP contribution in [0.4, 0.5) is 0 Å². The van der Waals surface area contributed by atoms with Gasteiger partial charge in [-0.05, 0) is 31.7 Å². The van der Waals surface area contributed by atoms with Crippen molar-refractivity contribution in [2.45, 2.75) is 58.4 Å². The molecule has 1 fully saturated rings. The Hall–Kier alpha value is -0.860. The standard InChI is InChI=1S/C16H26N2/c1-12-8-13(2)10-15(9-12)16(18-17)11-14-6-4-3-5-7-14/h8-10,14,16,18H,3-7,11,17H2,1-2H3. The lowest BCUT2D eigenvalue weighted by Crippen LogP contribution is -2.30. The van der Waals surface area contributed by atoms with E-state index in [0.29, 0.717) is 6.04 Å². The minimum absolute atomic E-state index is 0.312. The highest BCUT2D eigenvalue weighted by atomic mass is 15.2. The fraction of sp³-hybridized carbons (Fsp3) is 0.625. The van der Waals surface area contributed by atoms with E-state index in [9.17, 15) is 0 Å². The lowest BCUT2D eigenvalue weighted by molar-refractivity contribution is 0.301. The zero-order valence-electron chi connectivity index (χ0n) is 11.7. The van der Waals surface area contributed by atoms with Crippen molar-refractivity contribution in [2.75, 3.05) is 0 Å². The van der Waals surface area contributed by atoms with Crippen molar-refractivity contribution in [1.82, 2.24) is 5.43 Å². The Morgan fingerprint density at radius 2 is 1.72 bits per heavy atom. The topological polar surface area (TPSA) is 38.0 Å². The summed E-state index contributed by atoms with van der Waals surface area (Å²) in [7, 11) is 0. The molecular formula is C16H26N2. The van der Waals surface area contributed by atoms with Crippen LogP contribution in [0.3, 0.4) is 0 Å². The first-order valence-corrected chi connectivity index (χ1v) is 7.23. The maximum atomic E-state index is 5.77. The molecule has 2 heteroatoms.